The van der Waals surface area contributed by atoms with Gasteiger partial charge in [-0.3, -0.25) is 4.79 Å². The Kier molecular flexibility index (Phi) is 16.3. The van der Waals surface area contributed by atoms with Crippen LogP contribution < -0.4 is 15.8 Å². The van der Waals surface area contributed by atoms with Crippen molar-refractivity contribution in [1.29, 1.82) is 0 Å². The summed E-state index contributed by atoms with van der Waals surface area (Å²) in [6.07, 6.45) is 5.34. The molecule has 0 saturated carbocycles. The summed E-state index contributed by atoms with van der Waals surface area (Å²) >= 11 is 1.67. The molecule has 1 rings (SSSR count). The molecule has 0 bridgehead atoms. The van der Waals surface area contributed by atoms with Crippen molar-refractivity contribution in [2.75, 3.05) is 18.7 Å². The van der Waals surface area contributed by atoms with Crippen molar-refractivity contribution in [1.82, 2.24) is 5.32 Å². The standard InChI is InChI=1S/C28H50N2O3S.ClH/c1-9-10-13-30-27(32)20(4)14-25(31)24(29)17-22(19(2)3)15-21-11-12-23(28(5,6)7)26(16-21)33-18-34-8;/h11-12,16,19-20,22,24-25,31H,9-10,13-15,17-18,29H2,1-8H3,(H,30,32);1H/t20?,22-,24-,25-;/m0./s1. The normalized spacial score (nSPS) is 15.2. The number of hydrogen-bond donors (Lipinski definition) is 3. The molecular weight excluding hydrogens is 480 g/mol. The maximum absolute atomic E-state index is 12.3. The number of aliphatic hydroxyl groups excluding tert-OH is 1. The van der Waals surface area contributed by atoms with Gasteiger partial charge in [0.2, 0.25) is 5.91 Å². The van der Waals surface area contributed by atoms with Crippen molar-refractivity contribution in [2.24, 2.45) is 23.5 Å². The summed E-state index contributed by atoms with van der Waals surface area (Å²) in [6.45, 7) is 15.7. The Morgan fingerprint density at radius 3 is 2.40 bits per heavy atom. The third-order valence-corrected chi connectivity index (χ3v) is 6.92. The number of unbranched alkanes of at least 4 members (excludes halogenated alkanes) is 1. The highest BCUT2D eigenvalue weighted by molar-refractivity contribution is 7.98. The number of benzene rings is 1. The largest absolute Gasteiger partial charge is 0.483 e. The molecule has 0 aromatic heterocycles. The first-order chi connectivity index (χ1) is 15.9. The minimum Gasteiger partial charge on any atom is -0.483 e. The minimum atomic E-state index is -0.697. The van der Waals surface area contributed by atoms with E-state index in [1.165, 1.54) is 11.1 Å². The summed E-state index contributed by atoms with van der Waals surface area (Å²) < 4.78 is 6.08. The van der Waals surface area contributed by atoms with Crippen molar-refractivity contribution in [2.45, 2.75) is 98.1 Å². The fraction of sp³-hybridized carbons (Fsp3) is 0.750. The molecule has 0 radical (unpaired) electrons. The lowest BCUT2D eigenvalue weighted by Crippen LogP contribution is -2.41. The molecular formula is C28H51ClN2O3S. The van der Waals surface area contributed by atoms with Gasteiger partial charge in [-0.1, -0.05) is 67.0 Å². The molecule has 0 aliphatic rings. The average molecular weight is 531 g/mol. The molecule has 1 unspecified atom stereocenters. The Balaban J connectivity index is 0.0000116. The number of thioether (sulfide) groups is 1. The van der Waals surface area contributed by atoms with Crippen LogP contribution in [0.5, 0.6) is 5.75 Å². The molecule has 4 N–H and O–H groups in total. The second-order valence-corrected chi connectivity index (χ2v) is 11.9. The first-order valence-electron chi connectivity index (χ1n) is 12.9. The molecule has 4 atom stereocenters. The van der Waals surface area contributed by atoms with Gasteiger partial charge < -0.3 is 20.9 Å². The number of carbonyl (C=O) groups excluding carboxylic acids is 1. The summed E-state index contributed by atoms with van der Waals surface area (Å²) in [5, 5.41) is 13.7. The molecule has 35 heavy (non-hydrogen) atoms. The van der Waals surface area contributed by atoms with Gasteiger partial charge in [0.15, 0.2) is 0 Å². The monoisotopic (exact) mass is 530 g/mol. The number of hydrogen-bond acceptors (Lipinski definition) is 5. The van der Waals surface area contributed by atoms with Gasteiger partial charge in [-0.2, -0.15) is 0 Å². The Labute approximate surface area is 225 Å². The van der Waals surface area contributed by atoms with E-state index in [0.717, 1.165) is 25.0 Å². The predicted molar refractivity (Wildman–Crippen MR) is 154 cm³/mol. The van der Waals surface area contributed by atoms with E-state index < -0.39 is 6.10 Å². The number of aliphatic hydroxyl groups is 1. The summed E-state index contributed by atoms with van der Waals surface area (Å²) in [4.78, 5) is 12.3. The zero-order valence-electron chi connectivity index (χ0n) is 23.2. The maximum atomic E-state index is 12.3. The molecule has 5 nitrogen and oxygen atoms in total. The molecule has 0 spiro atoms. The fourth-order valence-corrected chi connectivity index (χ4v) is 4.41. The number of nitrogens with one attached hydrogen (secondary N) is 1. The number of rotatable bonds is 15. The second kappa shape index (κ2) is 16.7. The zero-order chi connectivity index (χ0) is 25.9. The number of halogens is 1. The Morgan fingerprint density at radius 2 is 1.86 bits per heavy atom. The van der Waals surface area contributed by atoms with Crippen LogP contribution in [0.15, 0.2) is 18.2 Å². The highest BCUT2D eigenvalue weighted by Crippen LogP contribution is 2.34. The number of nitrogens with two attached hydrogens (primary N) is 1. The van der Waals surface area contributed by atoms with E-state index in [4.69, 9.17) is 10.5 Å². The first-order valence-corrected chi connectivity index (χ1v) is 14.3. The van der Waals surface area contributed by atoms with E-state index in [-0.39, 0.29) is 35.7 Å². The number of ether oxygens (including phenoxy) is 1. The minimum absolute atomic E-state index is 0. The van der Waals surface area contributed by atoms with Gasteiger partial charge >= 0.3 is 0 Å². The molecule has 0 aliphatic carbocycles. The molecule has 1 amide bonds. The Hall–Kier alpha value is -0.950. The molecule has 1 aromatic rings. The van der Waals surface area contributed by atoms with E-state index in [1.54, 1.807) is 11.8 Å². The van der Waals surface area contributed by atoms with Crippen LogP contribution >= 0.6 is 24.2 Å². The summed E-state index contributed by atoms with van der Waals surface area (Å²) in [7, 11) is 0. The summed E-state index contributed by atoms with van der Waals surface area (Å²) in [5.74, 6) is 2.07. The lowest BCUT2D eigenvalue weighted by molar-refractivity contribution is -0.125. The smallest absolute Gasteiger partial charge is 0.222 e. The van der Waals surface area contributed by atoms with Gasteiger partial charge in [-0.25, -0.2) is 0 Å². The second-order valence-electron chi connectivity index (χ2n) is 11.1. The van der Waals surface area contributed by atoms with Crippen LogP contribution in [0.3, 0.4) is 0 Å². The highest BCUT2D eigenvalue weighted by Gasteiger charge is 2.26. The summed E-state index contributed by atoms with van der Waals surface area (Å²) in [6, 6.07) is 6.21. The van der Waals surface area contributed by atoms with E-state index >= 15 is 0 Å². The lowest BCUT2D eigenvalue weighted by Gasteiger charge is -2.29. The summed E-state index contributed by atoms with van der Waals surface area (Å²) in [5.41, 5.74) is 8.90. The van der Waals surface area contributed by atoms with E-state index in [2.05, 4.69) is 65.1 Å². The van der Waals surface area contributed by atoms with Crippen molar-refractivity contribution < 1.29 is 14.6 Å². The van der Waals surface area contributed by atoms with Crippen LogP contribution in [0.25, 0.3) is 0 Å². The molecule has 204 valence electrons. The van der Waals surface area contributed by atoms with Gasteiger partial charge in [-0.05, 0) is 66.4 Å². The third-order valence-electron chi connectivity index (χ3n) is 6.57. The zero-order valence-corrected chi connectivity index (χ0v) is 24.9. The maximum Gasteiger partial charge on any atom is 0.222 e. The van der Waals surface area contributed by atoms with Crippen LogP contribution in [0.1, 0.15) is 85.3 Å². The first kappa shape index (κ1) is 34.0. The predicted octanol–water partition coefficient (Wildman–Crippen LogP) is 5.94. The van der Waals surface area contributed by atoms with E-state index in [1.807, 2.05) is 13.2 Å². The van der Waals surface area contributed by atoms with Gasteiger partial charge in [0.1, 0.15) is 11.7 Å². The van der Waals surface area contributed by atoms with Gasteiger partial charge in [0.05, 0.1) is 6.10 Å². The van der Waals surface area contributed by atoms with Crippen molar-refractivity contribution in [3.63, 3.8) is 0 Å². The van der Waals surface area contributed by atoms with E-state index in [9.17, 15) is 9.90 Å². The van der Waals surface area contributed by atoms with Crippen LogP contribution in [0.2, 0.25) is 0 Å². The van der Waals surface area contributed by atoms with Gasteiger partial charge in [-0.15, -0.1) is 24.2 Å². The molecule has 7 heteroatoms. The highest BCUT2D eigenvalue weighted by atomic mass is 35.5. The average Bonchev–Trinajstić information content (AvgIpc) is 2.76. The van der Waals surface area contributed by atoms with Crippen molar-refractivity contribution in [3.05, 3.63) is 29.3 Å². The molecule has 0 saturated heterocycles. The van der Waals surface area contributed by atoms with Crippen LogP contribution in [0, 0.1) is 17.8 Å². The topological polar surface area (TPSA) is 84.6 Å². The van der Waals surface area contributed by atoms with Crippen LogP contribution in [-0.4, -0.2) is 41.9 Å². The molecule has 0 heterocycles. The Bertz CT molecular complexity index is 739. The van der Waals surface area contributed by atoms with Crippen molar-refractivity contribution in [3.8, 4) is 5.75 Å². The van der Waals surface area contributed by atoms with E-state index in [0.29, 0.717) is 37.2 Å². The van der Waals surface area contributed by atoms with Crippen LogP contribution in [0.4, 0.5) is 0 Å². The third kappa shape index (κ3) is 12.2. The quantitative estimate of drug-likeness (QED) is 0.193. The lowest BCUT2D eigenvalue weighted by atomic mass is 9.81. The van der Waals surface area contributed by atoms with Crippen LogP contribution in [-0.2, 0) is 16.6 Å². The fourth-order valence-electron chi connectivity index (χ4n) is 4.16. The molecule has 0 fully saturated rings. The molecule has 1 aromatic carbocycles. The number of amides is 1. The van der Waals surface area contributed by atoms with Crippen molar-refractivity contribution >= 4 is 30.1 Å². The Morgan fingerprint density at radius 1 is 1.20 bits per heavy atom. The van der Waals surface area contributed by atoms with Gasteiger partial charge in [0, 0.05) is 18.5 Å². The SMILES string of the molecule is CCCCNC(=O)C(C)C[C@H](O)[C@@H](N)C[C@H](Cc1ccc(C(C)(C)C)c(OCSC)c1)C(C)C.Cl. The number of carbonyl (C=O) groups is 1. The van der Waals surface area contributed by atoms with Gasteiger partial charge in [0.25, 0.3) is 0 Å². The molecule has 0 aliphatic heterocycles.